The summed E-state index contributed by atoms with van der Waals surface area (Å²) in [6.07, 6.45) is 0. The Morgan fingerprint density at radius 3 is 2.00 bits per heavy atom. The van der Waals surface area contributed by atoms with Crippen LogP contribution in [0.2, 0.25) is 0 Å². The largest absolute Gasteiger partial charge is 0.131 e. The van der Waals surface area contributed by atoms with Crippen LogP contribution >= 0.6 is 59.1 Å². The highest BCUT2D eigenvalue weighted by molar-refractivity contribution is 9.13. The molecule has 0 bridgehead atoms. The van der Waals surface area contributed by atoms with Gasteiger partial charge in [-0.1, -0.05) is 70.5 Å². The molecule has 3 aromatic rings. The van der Waals surface area contributed by atoms with Crippen molar-refractivity contribution in [2.24, 2.45) is 0 Å². The molecule has 1 atom stereocenters. The molecule has 0 fully saturated rings. The normalized spacial score (nSPS) is 12.3. The molecule has 2 aromatic carbocycles. The molecule has 0 radical (unpaired) electrons. The molecule has 0 nitrogen and oxygen atoms in total. The third-order valence-corrected chi connectivity index (χ3v) is 7.87. The van der Waals surface area contributed by atoms with E-state index in [1.807, 2.05) is 6.07 Å². The smallest absolute Gasteiger partial charge is 0.0843 e. The summed E-state index contributed by atoms with van der Waals surface area (Å²) in [7, 11) is 0. The fraction of sp³-hybridized carbons (Fsp3) is 0.0588. The van der Waals surface area contributed by atoms with Gasteiger partial charge in [0.15, 0.2) is 0 Å². The van der Waals surface area contributed by atoms with E-state index in [0.29, 0.717) is 0 Å². The molecule has 3 rings (SSSR count). The predicted octanol–water partition coefficient (Wildman–Crippen LogP) is 7.42. The van der Waals surface area contributed by atoms with Crippen LogP contribution in [0.3, 0.4) is 0 Å². The fourth-order valence-electron chi connectivity index (χ4n) is 2.13. The summed E-state index contributed by atoms with van der Waals surface area (Å²) >= 11 is 12.6. The number of alkyl halides is 1. The molecular weight excluding hydrogens is 476 g/mol. The van der Waals surface area contributed by atoms with E-state index in [1.54, 1.807) is 11.3 Å². The summed E-state index contributed by atoms with van der Waals surface area (Å²) in [6.45, 7) is 0. The predicted molar refractivity (Wildman–Crippen MR) is 102 cm³/mol. The number of halogens is 3. The molecular formula is C17H11Br3S. The second-order valence-electron chi connectivity index (χ2n) is 4.62. The maximum atomic E-state index is 3.79. The van der Waals surface area contributed by atoms with Gasteiger partial charge in [-0.25, -0.2) is 0 Å². The van der Waals surface area contributed by atoms with Gasteiger partial charge >= 0.3 is 0 Å². The third-order valence-electron chi connectivity index (χ3n) is 3.22. The van der Waals surface area contributed by atoms with Gasteiger partial charge in [0.05, 0.1) is 8.61 Å². The molecule has 1 unspecified atom stereocenters. The zero-order valence-corrected chi connectivity index (χ0v) is 16.5. The van der Waals surface area contributed by atoms with E-state index in [-0.39, 0.29) is 4.83 Å². The van der Waals surface area contributed by atoms with Crippen molar-refractivity contribution in [1.29, 1.82) is 0 Å². The van der Waals surface area contributed by atoms with Crippen LogP contribution in [0, 0.1) is 0 Å². The first-order chi connectivity index (χ1) is 10.1. The minimum absolute atomic E-state index is 0.218. The van der Waals surface area contributed by atoms with Crippen molar-refractivity contribution in [2.45, 2.75) is 4.83 Å². The number of rotatable bonds is 3. The van der Waals surface area contributed by atoms with Gasteiger partial charge in [0.25, 0.3) is 0 Å². The summed E-state index contributed by atoms with van der Waals surface area (Å²) in [5, 5.41) is 0. The van der Waals surface area contributed by atoms with E-state index in [4.69, 9.17) is 0 Å². The van der Waals surface area contributed by atoms with Gasteiger partial charge in [-0.2, -0.15) is 0 Å². The summed E-state index contributed by atoms with van der Waals surface area (Å²) in [5.74, 6) is 0. The molecule has 0 saturated heterocycles. The van der Waals surface area contributed by atoms with Gasteiger partial charge < -0.3 is 0 Å². The van der Waals surface area contributed by atoms with Crippen molar-refractivity contribution in [2.75, 3.05) is 0 Å². The molecule has 21 heavy (non-hydrogen) atoms. The first-order valence-electron chi connectivity index (χ1n) is 6.39. The van der Waals surface area contributed by atoms with Gasteiger partial charge in [0.2, 0.25) is 0 Å². The monoisotopic (exact) mass is 484 g/mol. The summed E-state index contributed by atoms with van der Waals surface area (Å²) in [4.78, 5) is 1.50. The highest BCUT2D eigenvalue weighted by atomic mass is 79.9. The lowest BCUT2D eigenvalue weighted by Crippen LogP contribution is -1.89. The van der Waals surface area contributed by atoms with Crippen molar-refractivity contribution in [1.82, 2.24) is 0 Å². The lowest BCUT2D eigenvalue weighted by Gasteiger charge is -2.09. The van der Waals surface area contributed by atoms with Crippen molar-refractivity contribution in [3.8, 4) is 11.1 Å². The highest BCUT2D eigenvalue weighted by Gasteiger charge is 2.15. The molecule has 0 saturated carbocycles. The molecule has 4 heteroatoms. The van der Waals surface area contributed by atoms with Gasteiger partial charge in [0, 0.05) is 9.35 Å². The van der Waals surface area contributed by atoms with Crippen LogP contribution in [0.4, 0.5) is 0 Å². The number of hydrogen-bond acceptors (Lipinski definition) is 1. The van der Waals surface area contributed by atoms with E-state index >= 15 is 0 Å². The van der Waals surface area contributed by atoms with Gasteiger partial charge in [-0.15, -0.1) is 11.3 Å². The Morgan fingerprint density at radius 1 is 0.810 bits per heavy atom. The van der Waals surface area contributed by atoms with Gasteiger partial charge in [-0.3, -0.25) is 0 Å². The number of benzene rings is 2. The molecule has 0 aliphatic carbocycles. The van der Waals surface area contributed by atoms with E-state index in [2.05, 4.69) is 102 Å². The molecule has 0 N–H and O–H groups in total. The van der Waals surface area contributed by atoms with Crippen LogP contribution in [0.5, 0.6) is 0 Å². The molecule has 0 aliphatic heterocycles. The summed E-state index contributed by atoms with van der Waals surface area (Å²) in [5.41, 5.74) is 3.75. The van der Waals surface area contributed by atoms with Crippen LogP contribution < -0.4 is 0 Å². The SMILES string of the molecule is Brc1cc(C(Br)c2ccc(-c3ccccc3)cc2)sc1Br. The first kappa shape index (κ1) is 15.5. The third kappa shape index (κ3) is 3.50. The van der Waals surface area contributed by atoms with Crippen LogP contribution in [0.15, 0.2) is 68.9 Å². The van der Waals surface area contributed by atoms with E-state index in [0.717, 1.165) is 8.26 Å². The van der Waals surface area contributed by atoms with E-state index in [9.17, 15) is 0 Å². The Bertz CT molecular complexity index is 713. The second kappa shape index (κ2) is 6.78. The average Bonchev–Trinajstić information content (AvgIpc) is 2.87. The van der Waals surface area contributed by atoms with Crippen molar-refractivity contribution in [3.63, 3.8) is 0 Å². The highest BCUT2D eigenvalue weighted by Crippen LogP contribution is 2.41. The Balaban J connectivity index is 1.87. The standard InChI is InChI=1S/C17H11Br3S/c18-14-10-15(21-17(14)20)16(19)13-8-6-12(7-9-13)11-4-2-1-3-5-11/h1-10,16H. The Morgan fingerprint density at radius 2 is 1.43 bits per heavy atom. The minimum Gasteiger partial charge on any atom is -0.131 e. The molecule has 0 spiro atoms. The van der Waals surface area contributed by atoms with Gasteiger partial charge in [-0.05, 0) is 54.6 Å². The zero-order chi connectivity index (χ0) is 14.8. The Hall–Kier alpha value is -0.420. The molecule has 106 valence electrons. The maximum absolute atomic E-state index is 3.79. The van der Waals surface area contributed by atoms with E-state index < -0.39 is 0 Å². The molecule has 1 aromatic heterocycles. The topological polar surface area (TPSA) is 0 Å². The van der Waals surface area contributed by atoms with E-state index in [1.165, 1.54) is 21.6 Å². The lowest BCUT2D eigenvalue weighted by atomic mass is 10.0. The van der Waals surface area contributed by atoms with Crippen LogP contribution in [0.1, 0.15) is 15.3 Å². The van der Waals surface area contributed by atoms with Crippen molar-refractivity contribution in [3.05, 3.63) is 79.4 Å². The fourth-order valence-corrected chi connectivity index (χ4v) is 4.94. The molecule has 1 heterocycles. The van der Waals surface area contributed by atoms with Crippen LogP contribution in [0.25, 0.3) is 11.1 Å². The summed E-state index contributed by atoms with van der Waals surface area (Å²) in [6, 6.07) is 21.3. The zero-order valence-electron chi connectivity index (χ0n) is 10.9. The van der Waals surface area contributed by atoms with Crippen LogP contribution in [-0.2, 0) is 0 Å². The van der Waals surface area contributed by atoms with Crippen LogP contribution in [-0.4, -0.2) is 0 Å². The van der Waals surface area contributed by atoms with Crippen molar-refractivity contribution < 1.29 is 0 Å². The number of hydrogen-bond donors (Lipinski definition) is 0. The van der Waals surface area contributed by atoms with Gasteiger partial charge in [0.1, 0.15) is 0 Å². The quantitative estimate of drug-likeness (QED) is 0.338. The maximum Gasteiger partial charge on any atom is 0.0843 e. The molecule has 0 amide bonds. The van der Waals surface area contributed by atoms with Crippen molar-refractivity contribution >= 4 is 59.1 Å². The summed E-state index contributed by atoms with van der Waals surface area (Å²) < 4.78 is 2.23. The Kier molecular flexibility index (Phi) is 4.99. The average molecular weight is 487 g/mol. The Labute approximate surface area is 153 Å². The minimum atomic E-state index is 0.218. The molecule has 0 aliphatic rings. The second-order valence-corrected chi connectivity index (χ2v) is 8.79. The number of thiophene rings is 1. The first-order valence-corrected chi connectivity index (χ1v) is 9.71. The lowest BCUT2D eigenvalue weighted by molar-refractivity contribution is 1.22.